The van der Waals surface area contributed by atoms with Crippen molar-refractivity contribution in [2.24, 2.45) is 0 Å². The Balaban J connectivity index is 1.61. The molecule has 19 heteroatoms. The van der Waals surface area contributed by atoms with E-state index in [2.05, 4.69) is 19.9 Å². The first kappa shape index (κ1) is 27.8. The largest absolute Gasteiger partial charge is 0.338 e. The predicted molar refractivity (Wildman–Crippen MR) is 139 cm³/mol. The second kappa shape index (κ2) is 8.89. The van der Waals surface area contributed by atoms with Gasteiger partial charge in [-0.05, 0) is 24.3 Å². The number of benzene rings is 3. The maximum absolute atomic E-state index is 12.0. The number of nitrogens with zero attached hydrogens (tertiary/aromatic N) is 2. The lowest BCUT2D eigenvalue weighted by Crippen LogP contribution is -2.04. The van der Waals surface area contributed by atoms with Gasteiger partial charge in [-0.25, -0.2) is 18.4 Å². The van der Waals surface area contributed by atoms with Crippen LogP contribution < -0.4 is 0 Å². The Hall–Kier alpha value is -3.72. The summed E-state index contributed by atoms with van der Waals surface area (Å²) >= 11 is 0. The summed E-state index contributed by atoms with van der Waals surface area (Å²) in [6.07, 6.45) is 0.873. The third-order valence-electron chi connectivity index (χ3n) is 5.76. The van der Waals surface area contributed by atoms with Crippen LogP contribution >= 0.6 is 0 Å². The molecule has 3 aromatic carbocycles. The Morgan fingerprint density at radius 3 is 1.30 bits per heavy atom. The Morgan fingerprint density at radius 1 is 0.575 bits per heavy atom. The van der Waals surface area contributed by atoms with Crippen LogP contribution in [-0.2, 0) is 40.2 Å². The molecule has 0 amide bonds. The summed E-state index contributed by atoms with van der Waals surface area (Å²) in [7, 11) is -18.4. The van der Waals surface area contributed by atoms with Gasteiger partial charge in [0, 0.05) is 17.4 Å². The predicted octanol–water partition coefficient (Wildman–Crippen LogP) is 1.92. The van der Waals surface area contributed by atoms with Crippen LogP contribution in [0.2, 0.25) is 0 Å². The summed E-state index contributed by atoms with van der Waals surface area (Å²) in [4.78, 5) is 11.2. The third kappa shape index (κ3) is 5.10. The summed E-state index contributed by atoms with van der Waals surface area (Å²) in [5.74, 6) is 0.183. The van der Waals surface area contributed by atoms with Crippen molar-refractivity contribution >= 4 is 62.3 Å². The van der Waals surface area contributed by atoms with E-state index in [0.717, 1.165) is 18.4 Å². The van der Waals surface area contributed by atoms with Gasteiger partial charge in [0.15, 0.2) is 9.84 Å². The number of rotatable bonds is 6. The van der Waals surface area contributed by atoms with Crippen LogP contribution in [0, 0.1) is 0 Å². The molecule has 0 atom stereocenters. The van der Waals surface area contributed by atoms with Gasteiger partial charge in [0.25, 0.3) is 30.4 Å². The molecule has 0 aliphatic carbocycles. The van der Waals surface area contributed by atoms with E-state index in [1.165, 1.54) is 30.3 Å². The number of aromatic nitrogens is 4. The summed E-state index contributed by atoms with van der Waals surface area (Å²) in [6.45, 7) is 0. The molecule has 0 spiro atoms. The van der Waals surface area contributed by atoms with Gasteiger partial charge in [-0.3, -0.25) is 13.7 Å². The van der Waals surface area contributed by atoms with E-state index >= 15 is 0 Å². The molecule has 0 saturated heterocycles. The number of imidazole rings is 2. The number of sulfone groups is 1. The first-order valence-corrected chi connectivity index (χ1v) is 16.8. The summed E-state index contributed by atoms with van der Waals surface area (Å²) in [5, 5.41) is 0. The van der Waals surface area contributed by atoms with Crippen LogP contribution in [-0.4, -0.2) is 73.5 Å². The number of hydrogen-bond acceptors (Lipinski definition) is 10. The molecule has 5 N–H and O–H groups in total. The zero-order valence-electron chi connectivity index (χ0n) is 19.8. The molecule has 5 aromatic rings. The number of fused-ring (bicyclic) bond motifs is 2. The van der Waals surface area contributed by atoms with Gasteiger partial charge in [0.05, 0.1) is 20.8 Å². The van der Waals surface area contributed by atoms with Crippen molar-refractivity contribution in [3.05, 3.63) is 48.5 Å². The number of aromatic amines is 2. The van der Waals surface area contributed by atoms with E-state index in [1.54, 1.807) is 0 Å². The summed E-state index contributed by atoms with van der Waals surface area (Å²) in [6, 6.07) is 9.51. The van der Waals surface area contributed by atoms with Gasteiger partial charge in [-0.15, -0.1) is 0 Å². The summed E-state index contributed by atoms with van der Waals surface area (Å²) < 4.78 is 123. The second-order valence-corrected chi connectivity index (χ2v) is 14.8. The molecule has 0 saturated carbocycles. The molecule has 40 heavy (non-hydrogen) atoms. The molecule has 0 aliphatic heterocycles. The van der Waals surface area contributed by atoms with E-state index in [-0.39, 0.29) is 38.6 Å². The fourth-order valence-corrected chi connectivity index (χ4v) is 6.63. The van der Waals surface area contributed by atoms with Crippen molar-refractivity contribution in [3.8, 4) is 22.8 Å². The highest BCUT2D eigenvalue weighted by atomic mass is 32.2. The average molecular weight is 629 g/mol. The highest BCUT2D eigenvalue weighted by molar-refractivity contribution is 7.91. The van der Waals surface area contributed by atoms with Crippen molar-refractivity contribution in [1.82, 2.24) is 19.9 Å². The third-order valence-corrected chi connectivity index (χ3v) is 9.42. The highest BCUT2D eigenvalue weighted by Crippen LogP contribution is 2.31. The van der Waals surface area contributed by atoms with Crippen LogP contribution in [0.1, 0.15) is 0 Å². The zero-order valence-corrected chi connectivity index (χ0v) is 23.0. The van der Waals surface area contributed by atoms with Crippen molar-refractivity contribution in [1.29, 1.82) is 0 Å². The molecule has 5 rings (SSSR count). The Morgan fingerprint density at radius 2 is 0.950 bits per heavy atom. The zero-order chi connectivity index (χ0) is 29.4. The van der Waals surface area contributed by atoms with E-state index in [9.17, 15) is 47.3 Å². The number of nitrogens with one attached hydrogen (secondary N) is 2. The lowest BCUT2D eigenvalue weighted by atomic mass is 10.1. The molecule has 0 radical (unpaired) electrons. The fraction of sp³-hybridized carbons (Fsp3) is 0.0476. The minimum Gasteiger partial charge on any atom is -0.338 e. The second-order valence-electron chi connectivity index (χ2n) is 8.58. The van der Waals surface area contributed by atoms with Crippen LogP contribution in [0.5, 0.6) is 0 Å². The molecule has 2 heterocycles. The summed E-state index contributed by atoms with van der Waals surface area (Å²) in [5.41, 5.74) is 0.191. The van der Waals surface area contributed by atoms with E-state index < -0.39 is 54.9 Å². The van der Waals surface area contributed by atoms with Crippen molar-refractivity contribution in [2.45, 2.75) is 19.6 Å². The Bertz CT molecular complexity index is 2140. The molecule has 0 bridgehead atoms. The van der Waals surface area contributed by atoms with E-state index in [4.69, 9.17) is 0 Å². The smallest absolute Gasteiger partial charge is 0.296 e. The topological polar surface area (TPSA) is 255 Å². The molecule has 0 aliphatic rings. The van der Waals surface area contributed by atoms with Gasteiger partial charge in [-0.2, -0.15) is 25.3 Å². The maximum atomic E-state index is 12.0. The lowest BCUT2D eigenvalue weighted by molar-refractivity contribution is 0.479. The van der Waals surface area contributed by atoms with E-state index in [1.807, 2.05) is 0 Å². The van der Waals surface area contributed by atoms with Crippen molar-refractivity contribution < 1.29 is 47.3 Å². The monoisotopic (exact) mass is 628 g/mol. The normalized spacial score (nSPS) is 13.3. The van der Waals surface area contributed by atoms with Crippen molar-refractivity contribution in [3.63, 3.8) is 0 Å². The molecular formula is C21H16N4O11S4. The van der Waals surface area contributed by atoms with Gasteiger partial charge in [-0.1, -0.05) is 24.3 Å². The first-order chi connectivity index (χ1) is 18.3. The molecule has 0 fully saturated rings. The Kier molecular flexibility index (Phi) is 6.19. The quantitative estimate of drug-likeness (QED) is 0.169. The van der Waals surface area contributed by atoms with Gasteiger partial charge in [0.1, 0.15) is 32.5 Å². The minimum absolute atomic E-state index is 0.0271. The van der Waals surface area contributed by atoms with Crippen molar-refractivity contribution in [2.75, 3.05) is 6.26 Å². The van der Waals surface area contributed by atoms with Crippen LogP contribution in [0.15, 0.2) is 68.1 Å². The van der Waals surface area contributed by atoms with Crippen LogP contribution in [0.3, 0.4) is 0 Å². The molecule has 210 valence electrons. The van der Waals surface area contributed by atoms with Gasteiger partial charge < -0.3 is 9.97 Å². The Labute approximate surface area is 226 Å². The standard InChI is InChI=1S/C21H16N4O11S4/c1-37(26,27)12-6-14-18(16(8-12)39(31,32)33)24-20(22-14)10-2-4-11(5-3-10)21-23-15-7-13(38(28,29)30)9-17(19(15)25-21)40(34,35)36/h2-9H,1H3,(H,22,24)(H,23,25)(H,28,29,30)(H,31,32,33)(H,34,35,36). The molecule has 2 aromatic heterocycles. The van der Waals surface area contributed by atoms with Crippen LogP contribution in [0.25, 0.3) is 44.8 Å². The average Bonchev–Trinajstić information content (AvgIpc) is 3.44. The maximum Gasteiger partial charge on any atom is 0.296 e. The number of hydrogen-bond donors (Lipinski definition) is 5. The highest BCUT2D eigenvalue weighted by Gasteiger charge is 2.24. The van der Waals surface area contributed by atoms with E-state index in [0.29, 0.717) is 17.2 Å². The molecule has 0 unspecified atom stereocenters. The minimum atomic E-state index is -4.93. The lowest BCUT2D eigenvalue weighted by Gasteiger charge is -2.02. The van der Waals surface area contributed by atoms with Crippen LogP contribution in [0.4, 0.5) is 0 Å². The van der Waals surface area contributed by atoms with Gasteiger partial charge >= 0.3 is 0 Å². The number of H-pyrrole nitrogens is 2. The van der Waals surface area contributed by atoms with Gasteiger partial charge in [0.2, 0.25) is 0 Å². The SMILES string of the molecule is CS(=O)(=O)c1cc(S(=O)(=O)O)c2nc(-c3ccc(-c4nc5c(S(=O)(=O)O)cc(S(=O)(=O)O)cc5[nH]4)cc3)[nH]c2c1. The first-order valence-electron chi connectivity index (χ1n) is 10.6. The fourth-order valence-electron chi connectivity index (χ4n) is 3.94. The molecule has 15 nitrogen and oxygen atoms in total. The molecular weight excluding hydrogens is 613 g/mol.